The molecule has 6 heavy (non-hydrogen) atoms. The van der Waals surface area contributed by atoms with Crippen molar-refractivity contribution in [2.24, 2.45) is 5.84 Å². The van der Waals surface area contributed by atoms with Crippen LogP contribution < -0.4 is 11.3 Å². The van der Waals surface area contributed by atoms with Crippen LogP contribution in [0.5, 0.6) is 0 Å². The van der Waals surface area contributed by atoms with Crippen LogP contribution in [0.1, 0.15) is 0 Å². The third-order valence-corrected chi connectivity index (χ3v) is 0.164. The van der Waals surface area contributed by atoms with Crippen molar-refractivity contribution in [2.45, 2.75) is 6.30 Å². The highest BCUT2D eigenvalue weighted by atomic mass is 19.4. The molecule has 0 unspecified atom stereocenters. The molecule has 0 heterocycles. The Hall–Kier alpha value is -0.290. The van der Waals surface area contributed by atoms with Crippen LogP contribution in [0, 0.1) is 0 Å². The van der Waals surface area contributed by atoms with Gasteiger partial charge in [-0.15, -0.1) is 0 Å². The molecule has 0 saturated carbocycles. The molecule has 0 rings (SSSR count). The van der Waals surface area contributed by atoms with Gasteiger partial charge in [-0.1, -0.05) is 0 Å². The summed E-state index contributed by atoms with van der Waals surface area (Å²) in [7, 11) is 0. The lowest BCUT2D eigenvalue weighted by molar-refractivity contribution is -0.157. The van der Waals surface area contributed by atoms with Crippen LogP contribution in [0.4, 0.5) is 13.2 Å². The van der Waals surface area contributed by atoms with Crippen molar-refractivity contribution in [1.82, 2.24) is 5.43 Å². The van der Waals surface area contributed by atoms with Crippen LogP contribution in [-0.4, -0.2) is 6.30 Å². The maximum Gasteiger partial charge on any atom is 0.470 e. The van der Waals surface area contributed by atoms with E-state index < -0.39 is 6.30 Å². The topological polar surface area (TPSA) is 38.0 Å². The van der Waals surface area contributed by atoms with Crippen LogP contribution in [0.15, 0.2) is 0 Å². The van der Waals surface area contributed by atoms with Gasteiger partial charge in [0.05, 0.1) is 0 Å². The zero-order valence-electron chi connectivity index (χ0n) is 2.71. The van der Waals surface area contributed by atoms with E-state index in [1.165, 1.54) is 0 Å². The summed E-state index contributed by atoms with van der Waals surface area (Å²) < 4.78 is 31.6. The second-order valence-electron chi connectivity index (χ2n) is 0.642. The second kappa shape index (κ2) is 1.44. The zero-order valence-corrected chi connectivity index (χ0v) is 2.71. The SMILES string of the molecule is NNC(F)(F)F. The molecule has 0 radical (unpaired) electrons. The Balaban J connectivity index is 3.17. The maximum absolute atomic E-state index is 10.5. The highest BCUT2D eigenvalue weighted by molar-refractivity contribution is 4.29. The number of nitrogens with one attached hydrogen (secondary N) is 1. The molecule has 0 aliphatic rings. The van der Waals surface area contributed by atoms with E-state index in [2.05, 4.69) is 5.84 Å². The van der Waals surface area contributed by atoms with E-state index >= 15 is 0 Å². The van der Waals surface area contributed by atoms with Crippen molar-refractivity contribution in [3.63, 3.8) is 0 Å². The number of hydrogen-bond acceptors (Lipinski definition) is 2. The number of rotatable bonds is 0. The summed E-state index contributed by atoms with van der Waals surface area (Å²) in [5.74, 6) is 3.93. The van der Waals surface area contributed by atoms with Crippen molar-refractivity contribution in [2.75, 3.05) is 0 Å². The van der Waals surface area contributed by atoms with Crippen molar-refractivity contribution < 1.29 is 13.2 Å². The molecule has 0 saturated heterocycles. The van der Waals surface area contributed by atoms with E-state index in [4.69, 9.17) is 0 Å². The molecule has 0 aliphatic heterocycles. The van der Waals surface area contributed by atoms with E-state index in [1.54, 1.807) is 0 Å². The van der Waals surface area contributed by atoms with Gasteiger partial charge in [0.15, 0.2) is 0 Å². The molecule has 2 nitrogen and oxygen atoms in total. The second-order valence-corrected chi connectivity index (χ2v) is 0.642. The molecule has 3 N–H and O–H groups in total. The fourth-order valence-electron chi connectivity index (χ4n) is 0. The number of hydrogen-bond donors (Lipinski definition) is 2. The minimum Gasteiger partial charge on any atom is -0.264 e. The lowest BCUT2D eigenvalue weighted by atomic mass is 11.2. The van der Waals surface area contributed by atoms with Gasteiger partial charge in [-0.05, 0) is 0 Å². The average Bonchev–Trinajstić information content (AvgIpc) is 1.35. The lowest BCUT2D eigenvalue weighted by Crippen LogP contribution is -2.37. The Morgan fingerprint density at radius 1 is 1.33 bits per heavy atom. The maximum atomic E-state index is 10.5. The molecule has 0 amide bonds. The van der Waals surface area contributed by atoms with Crippen LogP contribution in [0.3, 0.4) is 0 Å². The minimum absolute atomic E-state index is 0.604. The lowest BCUT2D eigenvalue weighted by Gasteiger charge is -1.98. The van der Waals surface area contributed by atoms with E-state index in [0.29, 0.717) is 5.43 Å². The Morgan fingerprint density at radius 2 is 1.50 bits per heavy atom. The molecule has 0 aromatic heterocycles. The van der Waals surface area contributed by atoms with Crippen LogP contribution in [0.2, 0.25) is 0 Å². The quantitative estimate of drug-likeness (QED) is 0.255. The first kappa shape index (κ1) is 5.71. The van der Waals surface area contributed by atoms with Crippen molar-refractivity contribution >= 4 is 0 Å². The van der Waals surface area contributed by atoms with Crippen LogP contribution in [0.25, 0.3) is 0 Å². The van der Waals surface area contributed by atoms with E-state index in [1.807, 2.05) is 0 Å². The van der Waals surface area contributed by atoms with Gasteiger partial charge in [-0.25, -0.2) is 0 Å². The summed E-state index contributed by atoms with van der Waals surface area (Å²) in [6.45, 7) is 0. The average molecular weight is 100 g/mol. The highest BCUT2D eigenvalue weighted by Gasteiger charge is 2.23. The summed E-state index contributed by atoms with van der Waals surface area (Å²) in [6.07, 6.45) is -4.43. The fraction of sp³-hybridized carbons (Fsp3) is 1.00. The van der Waals surface area contributed by atoms with Crippen LogP contribution >= 0.6 is 0 Å². The summed E-state index contributed by atoms with van der Waals surface area (Å²) in [4.78, 5) is 0. The Kier molecular flexibility index (Phi) is 1.37. The Bertz CT molecular complexity index is 38.5. The number of nitrogens with two attached hydrogens (primary N) is 1. The largest absolute Gasteiger partial charge is 0.470 e. The summed E-state index contributed by atoms with van der Waals surface area (Å²) >= 11 is 0. The monoisotopic (exact) mass is 100 g/mol. The van der Waals surface area contributed by atoms with Gasteiger partial charge in [0.25, 0.3) is 0 Å². The van der Waals surface area contributed by atoms with E-state index in [-0.39, 0.29) is 0 Å². The van der Waals surface area contributed by atoms with Gasteiger partial charge in [-0.2, -0.15) is 18.6 Å². The third kappa shape index (κ3) is 3.71. The Labute approximate surface area is 32.1 Å². The molecule has 5 heteroatoms. The van der Waals surface area contributed by atoms with Gasteiger partial charge in [-0.3, -0.25) is 5.84 Å². The molecule has 0 spiro atoms. The predicted octanol–water partition coefficient (Wildman–Crippen LogP) is -0.0305. The van der Waals surface area contributed by atoms with Crippen LogP contribution in [-0.2, 0) is 0 Å². The summed E-state index contributed by atoms with van der Waals surface area (Å²) in [5.41, 5.74) is 0.604. The first-order valence-electron chi connectivity index (χ1n) is 1.11. The molecular weight excluding hydrogens is 97.0 g/mol. The number of hydrazine groups is 1. The first-order valence-corrected chi connectivity index (χ1v) is 1.11. The highest BCUT2D eigenvalue weighted by Crippen LogP contribution is 2.05. The van der Waals surface area contributed by atoms with E-state index in [0.717, 1.165) is 0 Å². The molecule has 0 fully saturated rings. The Morgan fingerprint density at radius 3 is 1.50 bits per heavy atom. The minimum atomic E-state index is -4.43. The van der Waals surface area contributed by atoms with Crippen molar-refractivity contribution in [1.29, 1.82) is 0 Å². The summed E-state index contributed by atoms with van der Waals surface area (Å²) in [5, 5.41) is 0. The first-order chi connectivity index (χ1) is 2.56. The van der Waals surface area contributed by atoms with Gasteiger partial charge in [0.2, 0.25) is 0 Å². The van der Waals surface area contributed by atoms with E-state index in [9.17, 15) is 13.2 Å². The molecule has 0 aromatic rings. The summed E-state index contributed by atoms with van der Waals surface area (Å²) in [6, 6.07) is 0. The standard InChI is InChI=1S/CH3F3N2/c2-1(3,4)6-5/h6H,5H2. The molecule has 0 atom stereocenters. The zero-order chi connectivity index (χ0) is 5.21. The fourth-order valence-corrected chi connectivity index (χ4v) is 0. The molecular formula is CH3F3N2. The number of halogens is 3. The predicted molar refractivity (Wildman–Crippen MR) is 13.4 cm³/mol. The molecule has 0 aromatic carbocycles. The normalized spacial score (nSPS) is 12.0. The number of alkyl halides is 3. The smallest absolute Gasteiger partial charge is 0.264 e. The van der Waals surface area contributed by atoms with Gasteiger partial charge >= 0.3 is 6.30 Å². The molecule has 0 aliphatic carbocycles. The molecule has 0 bridgehead atoms. The van der Waals surface area contributed by atoms with Gasteiger partial charge < -0.3 is 0 Å². The van der Waals surface area contributed by atoms with Crippen molar-refractivity contribution in [3.05, 3.63) is 0 Å². The van der Waals surface area contributed by atoms with Gasteiger partial charge in [0.1, 0.15) is 0 Å². The third-order valence-electron chi connectivity index (χ3n) is 0.164. The molecule has 38 valence electrons. The van der Waals surface area contributed by atoms with Gasteiger partial charge in [0, 0.05) is 0 Å². The van der Waals surface area contributed by atoms with Crippen molar-refractivity contribution in [3.8, 4) is 0 Å².